The van der Waals surface area contributed by atoms with E-state index in [4.69, 9.17) is 11.6 Å². The second-order valence-corrected chi connectivity index (χ2v) is 4.85. The third-order valence-corrected chi connectivity index (χ3v) is 3.64. The number of aliphatic hydroxyl groups is 1. The largest absolute Gasteiger partial charge is 0.396 e. The van der Waals surface area contributed by atoms with Crippen LogP contribution in [0.5, 0.6) is 0 Å². The normalized spacial score (nSPS) is 11.3. The van der Waals surface area contributed by atoms with Gasteiger partial charge in [-0.25, -0.2) is 4.98 Å². The Labute approximate surface area is 112 Å². The zero-order valence-corrected chi connectivity index (χ0v) is 11.5. The first-order chi connectivity index (χ1) is 8.56. The van der Waals surface area contributed by atoms with Gasteiger partial charge in [-0.15, -0.1) is 0 Å². The number of nitrogens with one attached hydrogen (secondary N) is 1. The smallest absolute Gasteiger partial charge is 0.269 e. The van der Waals surface area contributed by atoms with Crippen LogP contribution >= 0.6 is 11.6 Å². The third-order valence-electron chi connectivity index (χ3n) is 3.42. The van der Waals surface area contributed by atoms with E-state index < -0.39 is 0 Å². The first-order valence-electron chi connectivity index (χ1n) is 6.07. The summed E-state index contributed by atoms with van der Waals surface area (Å²) < 4.78 is 0. The molecular formula is C13H19ClN2O2. The summed E-state index contributed by atoms with van der Waals surface area (Å²) in [6.07, 6.45) is 3.07. The maximum Gasteiger partial charge on any atom is 0.269 e. The number of halogens is 1. The molecule has 4 nitrogen and oxygen atoms in total. The summed E-state index contributed by atoms with van der Waals surface area (Å²) >= 11 is 5.71. The topological polar surface area (TPSA) is 62.2 Å². The Morgan fingerprint density at radius 2 is 2.11 bits per heavy atom. The molecule has 1 rings (SSSR count). The minimum Gasteiger partial charge on any atom is -0.396 e. The highest BCUT2D eigenvalue weighted by molar-refractivity contribution is 6.30. The molecule has 0 aliphatic carbocycles. The number of nitrogens with zero attached hydrogens (tertiary/aromatic N) is 1. The fraction of sp³-hybridized carbons (Fsp3) is 0.538. The predicted octanol–water partition coefficient (Wildman–Crippen LogP) is 2.26. The van der Waals surface area contributed by atoms with Gasteiger partial charge in [-0.2, -0.15) is 0 Å². The number of pyridine rings is 1. The monoisotopic (exact) mass is 270 g/mol. The van der Waals surface area contributed by atoms with Gasteiger partial charge in [0.05, 0.1) is 11.6 Å². The summed E-state index contributed by atoms with van der Waals surface area (Å²) in [5, 5.41) is 12.7. The van der Waals surface area contributed by atoms with E-state index in [-0.39, 0.29) is 17.9 Å². The SMILES string of the molecule is CCC(CC)(CO)CNC(=O)c1ccc(Cl)cn1. The fourth-order valence-electron chi connectivity index (χ4n) is 1.65. The van der Waals surface area contributed by atoms with Crippen molar-refractivity contribution in [3.05, 3.63) is 29.0 Å². The molecule has 100 valence electrons. The summed E-state index contributed by atoms with van der Waals surface area (Å²) in [6.45, 7) is 4.52. The van der Waals surface area contributed by atoms with Crippen LogP contribution in [-0.2, 0) is 0 Å². The number of aliphatic hydroxyl groups excluding tert-OH is 1. The molecule has 0 aromatic carbocycles. The van der Waals surface area contributed by atoms with E-state index in [0.717, 1.165) is 12.8 Å². The van der Waals surface area contributed by atoms with Crippen LogP contribution in [0.25, 0.3) is 0 Å². The van der Waals surface area contributed by atoms with E-state index in [2.05, 4.69) is 10.3 Å². The summed E-state index contributed by atoms with van der Waals surface area (Å²) in [4.78, 5) is 15.8. The lowest BCUT2D eigenvalue weighted by Gasteiger charge is -2.29. The van der Waals surface area contributed by atoms with Gasteiger partial charge in [0.2, 0.25) is 0 Å². The number of amides is 1. The maximum absolute atomic E-state index is 11.9. The van der Waals surface area contributed by atoms with Crippen molar-refractivity contribution < 1.29 is 9.90 Å². The average molecular weight is 271 g/mol. The first-order valence-corrected chi connectivity index (χ1v) is 6.45. The molecule has 0 saturated carbocycles. The van der Waals surface area contributed by atoms with E-state index in [1.54, 1.807) is 12.1 Å². The van der Waals surface area contributed by atoms with Gasteiger partial charge >= 0.3 is 0 Å². The van der Waals surface area contributed by atoms with Gasteiger partial charge in [-0.1, -0.05) is 25.4 Å². The van der Waals surface area contributed by atoms with Crippen molar-refractivity contribution in [1.82, 2.24) is 10.3 Å². The molecule has 5 heteroatoms. The van der Waals surface area contributed by atoms with E-state index in [1.807, 2.05) is 13.8 Å². The van der Waals surface area contributed by atoms with Gasteiger partial charge in [0, 0.05) is 18.2 Å². The summed E-state index contributed by atoms with van der Waals surface area (Å²) in [5.74, 6) is -0.244. The molecule has 1 heterocycles. The van der Waals surface area contributed by atoms with Crippen molar-refractivity contribution in [3.8, 4) is 0 Å². The molecular weight excluding hydrogens is 252 g/mol. The van der Waals surface area contributed by atoms with Crippen LogP contribution in [0.15, 0.2) is 18.3 Å². The van der Waals surface area contributed by atoms with Gasteiger partial charge in [0.25, 0.3) is 5.91 Å². The highest BCUT2D eigenvalue weighted by atomic mass is 35.5. The second kappa shape index (κ2) is 6.71. The molecule has 1 aromatic heterocycles. The molecule has 0 unspecified atom stereocenters. The number of rotatable bonds is 6. The number of aromatic nitrogens is 1. The molecule has 0 radical (unpaired) electrons. The Balaban J connectivity index is 2.63. The molecule has 0 spiro atoms. The number of carbonyl (C=O) groups is 1. The van der Waals surface area contributed by atoms with Gasteiger partial charge < -0.3 is 10.4 Å². The lowest BCUT2D eigenvalue weighted by molar-refractivity contribution is 0.0847. The molecule has 1 aromatic rings. The Morgan fingerprint density at radius 3 is 2.56 bits per heavy atom. The minimum absolute atomic E-state index is 0.0638. The first kappa shape index (κ1) is 14.9. The summed E-state index contributed by atoms with van der Waals surface area (Å²) in [5.41, 5.74) is 0.0840. The van der Waals surface area contributed by atoms with Crippen molar-refractivity contribution in [2.24, 2.45) is 5.41 Å². The zero-order chi connectivity index (χ0) is 13.6. The lowest BCUT2D eigenvalue weighted by atomic mass is 9.83. The number of hydrogen-bond acceptors (Lipinski definition) is 3. The van der Waals surface area contributed by atoms with Crippen molar-refractivity contribution in [2.75, 3.05) is 13.2 Å². The van der Waals surface area contributed by atoms with Crippen LogP contribution < -0.4 is 5.32 Å². The van der Waals surface area contributed by atoms with Crippen LogP contribution in [-0.4, -0.2) is 29.1 Å². The Kier molecular flexibility index (Phi) is 5.56. The lowest BCUT2D eigenvalue weighted by Crippen LogP contribution is -2.39. The van der Waals surface area contributed by atoms with Gasteiger partial charge in [0.1, 0.15) is 5.69 Å². The Bertz CT molecular complexity index is 380. The highest BCUT2D eigenvalue weighted by Crippen LogP contribution is 2.24. The Morgan fingerprint density at radius 1 is 1.44 bits per heavy atom. The average Bonchev–Trinajstić information content (AvgIpc) is 2.41. The number of carbonyl (C=O) groups excluding carboxylic acids is 1. The second-order valence-electron chi connectivity index (χ2n) is 4.41. The van der Waals surface area contributed by atoms with Crippen LogP contribution in [0.4, 0.5) is 0 Å². The predicted molar refractivity (Wildman–Crippen MR) is 71.7 cm³/mol. The molecule has 2 N–H and O–H groups in total. The molecule has 0 aliphatic heterocycles. The van der Waals surface area contributed by atoms with Gasteiger partial charge in [-0.05, 0) is 25.0 Å². The van der Waals surface area contributed by atoms with E-state index in [9.17, 15) is 9.90 Å². The van der Waals surface area contributed by atoms with Crippen molar-refractivity contribution in [2.45, 2.75) is 26.7 Å². The summed E-state index contributed by atoms with van der Waals surface area (Å²) in [6, 6.07) is 3.21. The van der Waals surface area contributed by atoms with Crippen LogP contribution in [0.1, 0.15) is 37.2 Å². The summed E-state index contributed by atoms with van der Waals surface area (Å²) in [7, 11) is 0. The Hall–Kier alpha value is -1.13. The van der Waals surface area contributed by atoms with E-state index in [0.29, 0.717) is 17.3 Å². The molecule has 0 aliphatic rings. The standard InChI is InChI=1S/C13H19ClN2O2/c1-3-13(4-2,9-17)8-16-12(18)11-6-5-10(14)7-15-11/h5-7,17H,3-4,8-9H2,1-2H3,(H,16,18). The molecule has 1 amide bonds. The van der Waals surface area contributed by atoms with Crippen LogP contribution in [0, 0.1) is 5.41 Å². The molecule has 0 atom stereocenters. The van der Waals surface area contributed by atoms with Crippen molar-refractivity contribution in [3.63, 3.8) is 0 Å². The minimum atomic E-state index is -0.248. The molecule has 0 saturated heterocycles. The van der Waals surface area contributed by atoms with E-state index >= 15 is 0 Å². The molecule has 0 bridgehead atoms. The van der Waals surface area contributed by atoms with Gasteiger partial charge in [-0.3, -0.25) is 4.79 Å². The van der Waals surface area contributed by atoms with E-state index in [1.165, 1.54) is 6.20 Å². The third kappa shape index (κ3) is 3.68. The molecule has 0 fully saturated rings. The highest BCUT2D eigenvalue weighted by Gasteiger charge is 2.26. The maximum atomic E-state index is 11.9. The van der Waals surface area contributed by atoms with Gasteiger partial charge in [0.15, 0.2) is 0 Å². The van der Waals surface area contributed by atoms with Crippen molar-refractivity contribution in [1.29, 1.82) is 0 Å². The van der Waals surface area contributed by atoms with Crippen molar-refractivity contribution >= 4 is 17.5 Å². The van der Waals surface area contributed by atoms with Crippen LogP contribution in [0.2, 0.25) is 5.02 Å². The molecule has 18 heavy (non-hydrogen) atoms. The zero-order valence-electron chi connectivity index (χ0n) is 10.7. The quantitative estimate of drug-likeness (QED) is 0.834. The fourth-order valence-corrected chi connectivity index (χ4v) is 1.76. The number of hydrogen-bond donors (Lipinski definition) is 2. The van der Waals surface area contributed by atoms with Crippen LogP contribution in [0.3, 0.4) is 0 Å².